The molecule has 0 saturated carbocycles. The van der Waals surface area contributed by atoms with Crippen molar-refractivity contribution in [2.45, 2.75) is 33.2 Å². The highest BCUT2D eigenvalue weighted by Crippen LogP contribution is 2.19. The zero-order valence-corrected chi connectivity index (χ0v) is 12.3. The Kier molecular flexibility index (Phi) is 5.05. The third-order valence-electron chi connectivity index (χ3n) is 3.53. The standard InChI is InChI=1S/C15H20N4O2/c1-11-5-6-13(8-15(11)19(20)21)9-16-7-3-4-14-10-17-18-12(14)2/h5-6,8,10,16H,3-4,7,9H2,1-2H3,(H,17,18). The number of aromatic nitrogens is 2. The van der Waals surface area contributed by atoms with E-state index in [-0.39, 0.29) is 10.6 Å². The molecule has 21 heavy (non-hydrogen) atoms. The van der Waals surface area contributed by atoms with Gasteiger partial charge in [-0.2, -0.15) is 5.10 Å². The third-order valence-corrected chi connectivity index (χ3v) is 3.53. The number of hydrogen-bond acceptors (Lipinski definition) is 4. The molecule has 0 atom stereocenters. The normalized spacial score (nSPS) is 10.8. The number of aryl methyl sites for hydroxylation is 3. The fourth-order valence-corrected chi connectivity index (χ4v) is 2.23. The van der Waals surface area contributed by atoms with Crippen molar-refractivity contribution < 1.29 is 4.92 Å². The lowest BCUT2D eigenvalue weighted by Crippen LogP contribution is -2.15. The van der Waals surface area contributed by atoms with Crippen LogP contribution in [0.1, 0.15) is 28.8 Å². The van der Waals surface area contributed by atoms with Crippen LogP contribution in [0.2, 0.25) is 0 Å². The molecule has 2 aromatic rings. The molecule has 2 rings (SSSR count). The molecule has 0 bridgehead atoms. The Hall–Kier alpha value is -2.21. The highest BCUT2D eigenvalue weighted by Gasteiger charge is 2.10. The highest BCUT2D eigenvalue weighted by atomic mass is 16.6. The van der Waals surface area contributed by atoms with Gasteiger partial charge in [-0.1, -0.05) is 12.1 Å². The van der Waals surface area contributed by atoms with Gasteiger partial charge in [-0.25, -0.2) is 0 Å². The van der Waals surface area contributed by atoms with Gasteiger partial charge < -0.3 is 5.32 Å². The lowest BCUT2D eigenvalue weighted by molar-refractivity contribution is -0.385. The van der Waals surface area contributed by atoms with E-state index in [9.17, 15) is 10.1 Å². The second kappa shape index (κ2) is 6.99. The first-order valence-corrected chi connectivity index (χ1v) is 7.01. The molecule has 0 unspecified atom stereocenters. The smallest absolute Gasteiger partial charge is 0.272 e. The topological polar surface area (TPSA) is 83.8 Å². The van der Waals surface area contributed by atoms with Crippen molar-refractivity contribution >= 4 is 5.69 Å². The highest BCUT2D eigenvalue weighted by molar-refractivity contribution is 5.42. The van der Waals surface area contributed by atoms with Gasteiger partial charge in [0, 0.05) is 23.9 Å². The number of rotatable bonds is 7. The summed E-state index contributed by atoms with van der Waals surface area (Å²) < 4.78 is 0. The minimum Gasteiger partial charge on any atom is -0.313 e. The van der Waals surface area contributed by atoms with Crippen molar-refractivity contribution in [2.75, 3.05) is 6.54 Å². The maximum Gasteiger partial charge on any atom is 0.272 e. The first-order chi connectivity index (χ1) is 10.1. The maximum atomic E-state index is 10.9. The molecule has 6 nitrogen and oxygen atoms in total. The van der Waals surface area contributed by atoms with Crippen LogP contribution in [0.15, 0.2) is 24.4 Å². The molecule has 0 aliphatic heterocycles. The van der Waals surface area contributed by atoms with E-state index in [0.29, 0.717) is 12.1 Å². The molecular formula is C15H20N4O2. The summed E-state index contributed by atoms with van der Waals surface area (Å²) in [6.45, 7) is 5.28. The predicted octanol–water partition coefficient (Wildman–Crippen LogP) is 2.66. The van der Waals surface area contributed by atoms with E-state index in [1.165, 1.54) is 5.56 Å². The molecule has 1 aromatic carbocycles. The number of H-pyrrole nitrogens is 1. The van der Waals surface area contributed by atoms with Gasteiger partial charge >= 0.3 is 0 Å². The molecule has 0 aliphatic rings. The van der Waals surface area contributed by atoms with Gasteiger partial charge in [0.15, 0.2) is 0 Å². The third kappa shape index (κ3) is 4.13. The van der Waals surface area contributed by atoms with Gasteiger partial charge in [0.05, 0.1) is 11.1 Å². The largest absolute Gasteiger partial charge is 0.313 e. The lowest BCUT2D eigenvalue weighted by Gasteiger charge is -2.06. The van der Waals surface area contributed by atoms with Gasteiger partial charge in [-0.15, -0.1) is 0 Å². The van der Waals surface area contributed by atoms with Crippen molar-refractivity contribution in [3.63, 3.8) is 0 Å². The molecule has 0 saturated heterocycles. The first kappa shape index (κ1) is 15.2. The van der Waals surface area contributed by atoms with Gasteiger partial charge in [0.1, 0.15) is 0 Å². The molecule has 6 heteroatoms. The Balaban J connectivity index is 1.77. The fraction of sp³-hybridized carbons (Fsp3) is 0.400. The number of nitrogens with zero attached hydrogens (tertiary/aromatic N) is 2. The summed E-state index contributed by atoms with van der Waals surface area (Å²) in [4.78, 5) is 10.6. The van der Waals surface area contributed by atoms with Crippen LogP contribution in [0, 0.1) is 24.0 Å². The van der Waals surface area contributed by atoms with Crippen molar-refractivity contribution in [3.05, 3.63) is 56.9 Å². The van der Waals surface area contributed by atoms with E-state index in [1.807, 2.05) is 19.2 Å². The molecule has 2 N–H and O–H groups in total. The second-order valence-corrected chi connectivity index (χ2v) is 5.18. The summed E-state index contributed by atoms with van der Waals surface area (Å²) in [6.07, 6.45) is 3.84. The second-order valence-electron chi connectivity index (χ2n) is 5.18. The average Bonchev–Trinajstić information content (AvgIpc) is 2.85. The number of nitro groups is 1. The molecule has 0 fully saturated rings. The Morgan fingerprint density at radius 3 is 2.86 bits per heavy atom. The summed E-state index contributed by atoms with van der Waals surface area (Å²) in [5.41, 5.74) is 4.17. The number of nitrogens with one attached hydrogen (secondary N) is 2. The molecule has 0 radical (unpaired) electrons. The summed E-state index contributed by atoms with van der Waals surface area (Å²) >= 11 is 0. The van der Waals surface area contributed by atoms with Crippen molar-refractivity contribution in [2.24, 2.45) is 0 Å². The number of benzene rings is 1. The molecule has 1 aromatic heterocycles. The Morgan fingerprint density at radius 1 is 1.38 bits per heavy atom. The fourth-order valence-electron chi connectivity index (χ4n) is 2.23. The average molecular weight is 288 g/mol. The Morgan fingerprint density at radius 2 is 2.19 bits per heavy atom. The minimum atomic E-state index is -0.333. The van der Waals surface area contributed by atoms with Crippen LogP contribution >= 0.6 is 0 Å². The summed E-state index contributed by atoms with van der Waals surface area (Å²) in [6, 6.07) is 5.36. The van der Waals surface area contributed by atoms with Crippen molar-refractivity contribution in [1.82, 2.24) is 15.5 Å². The number of hydrogen-bond donors (Lipinski definition) is 2. The van der Waals surface area contributed by atoms with E-state index in [0.717, 1.165) is 30.6 Å². The first-order valence-electron chi connectivity index (χ1n) is 7.01. The van der Waals surface area contributed by atoms with Gasteiger partial charge in [-0.05, 0) is 44.4 Å². The quantitative estimate of drug-likeness (QED) is 0.466. The summed E-state index contributed by atoms with van der Waals surface area (Å²) in [5.74, 6) is 0. The van der Waals surface area contributed by atoms with Gasteiger partial charge in [-0.3, -0.25) is 15.2 Å². The Bertz CT molecular complexity index is 622. The predicted molar refractivity (Wildman–Crippen MR) is 81.2 cm³/mol. The molecular weight excluding hydrogens is 268 g/mol. The van der Waals surface area contributed by atoms with Crippen LogP contribution < -0.4 is 5.32 Å². The van der Waals surface area contributed by atoms with Crippen LogP contribution in [0.5, 0.6) is 0 Å². The zero-order valence-electron chi connectivity index (χ0n) is 12.3. The molecule has 0 aliphatic carbocycles. The van der Waals surface area contributed by atoms with Crippen LogP contribution in [0.3, 0.4) is 0 Å². The molecule has 0 spiro atoms. The molecule has 112 valence electrons. The van der Waals surface area contributed by atoms with Crippen molar-refractivity contribution in [1.29, 1.82) is 0 Å². The van der Waals surface area contributed by atoms with E-state index in [4.69, 9.17) is 0 Å². The molecule has 1 heterocycles. The Labute approximate surface area is 123 Å². The van der Waals surface area contributed by atoms with Gasteiger partial charge in [0.2, 0.25) is 0 Å². The maximum absolute atomic E-state index is 10.9. The zero-order chi connectivity index (χ0) is 15.2. The van der Waals surface area contributed by atoms with E-state index in [1.54, 1.807) is 19.1 Å². The van der Waals surface area contributed by atoms with E-state index < -0.39 is 0 Å². The van der Waals surface area contributed by atoms with Crippen molar-refractivity contribution in [3.8, 4) is 0 Å². The molecule has 0 amide bonds. The summed E-state index contributed by atoms with van der Waals surface area (Å²) in [7, 11) is 0. The SMILES string of the molecule is Cc1ccc(CNCCCc2cn[nH]c2C)cc1[N+](=O)[O-]. The number of aromatic amines is 1. The monoisotopic (exact) mass is 288 g/mol. The van der Waals surface area contributed by atoms with Crippen LogP contribution in [-0.2, 0) is 13.0 Å². The van der Waals surface area contributed by atoms with Crippen LogP contribution in [0.4, 0.5) is 5.69 Å². The van der Waals surface area contributed by atoms with Crippen LogP contribution in [0.25, 0.3) is 0 Å². The van der Waals surface area contributed by atoms with E-state index in [2.05, 4.69) is 15.5 Å². The summed E-state index contributed by atoms with van der Waals surface area (Å²) in [5, 5.41) is 21.1. The van der Waals surface area contributed by atoms with Crippen LogP contribution in [-0.4, -0.2) is 21.7 Å². The van der Waals surface area contributed by atoms with Gasteiger partial charge in [0.25, 0.3) is 5.69 Å². The van der Waals surface area contributed by atoms with E-state index >= 15 is 0 Å². The lowest BCUT2D eigenvalue weighted by atomic mass is 10.1. The minimum absolute atomic E-state index is 0.184. The number of nitro benzene ring substituents is 1.